The zero-order valence-corrected chi connectivity index (χ0v) is 40.9. The van der Waals surface area contributed by atoms with Crippen molar-refractivity contribution in [3.05, 3.63) is 91.0 Å². The molecular formula is C50H68O6P2. The van der Waals surface area contributed by atoms with Crippen LogP contribution in [-0.2, 0) is 21.7 Å². The van der Waals surface area contributed by atoms with Gasteiger partial charge in [0.2, 0.25) is 0 Å². The lowest BCUT2D eigenvalue weighted by atomic mass is 9.81. The predicted octanol–water partition coefficient (Wildman–Crippen LogP) is 16.1. The summed E-state index contributed by atoms with van der Waals surface area (Å²) in [7, 11) is -3.75. The molecule has 6 aromatic rings. The molecule has 0 saturated heterocycles. The molecule has 58 heavy (non-hydrogen) atoms. The van der Waals surface area contributed by atoms with Gasteiger partial charge in [0.05, 0.1) is 13.2 Å². The summed E-state index contributed by atoms with van der Waals surface area (Å²) in [5.41, 5.74) is 16.8. The normalized spacial score (nSPS) is 13.1. The van der Waals surface area contributed by atoms with Crippen molar-refractivity contribution in [2.45, 2.75) is 160 Å². The van der Waals surface area contributed by atoms with E-state index in [2.05, 4.69) is 163 Å². The van der Waals surface area contributed by atoms with Crippen molar-refractivity contribution in [3.63, 3.8) is 0 Å². The third kappa shape index (κ3) is 8.09. The van der Waals surface area contributed by atoms with E-state index in [4.69, 9.17) is 25.8 Å². The molecule has 2 aromatic heterocycles. The smallest absolute Gasteiger partial charge is 0.387 e. The first-order chi connectivity index (χ1) is 26.6. The Kier molecular flexibility index (Phi) is 11.6. The molecule has 0 fully saturated rings. The van der Waals surface area contributed by atoms with E-state index in [1.165, 1.54) is 44.5 Å². The Morgan fingerprint density at radius 1 is 0.362 bits per heavy atom. The van der Waals surface area contributed by atoms with Crippen LogP contribution in [0.2, 0.25) is 0 Å². The molecule has 8 heteroatoms. The van der Waals surface area contributed by atoms with Crippen LogP contribution in [0.15, 0.2) is 41.1 Å². The molecule has 314 valence electrons. The van der Waals surface area contributed by atoms with E-state index in [1.807, 2.05) is 0 Å². The van der Waals surface area contributed by atoms with Gasteiger partial charge >= 0.3 is 16.5 Å². The lowest BCUT2D eigenvalue weighted by molar-refractivity contribution is 0.280. The SMILES string of the molecule is Cc1cc(C(C)(C)C)c2op(OCCOp3oc4c(C(C)(C)C)cc(C)c(C)c4c4c(C)c(C)cc(C(C)(C)C)c4o3)oc3c(C(C)(C)C)cc(C)c(C)c3c2c1C. The van der Waals surface area contributed by atoms with Crippen molar-refractivity contribution in [1.29, 1.82) is 0 Å². The summed E-state index contributed by atoms with van der Waals surface area (Å²) in [6, 6.07) is 9.09. The van der Waals surface area contributed by atoms with Crippen molar-refractivity contribution >= 4 is 60.4 Å². The van der Waals surface area contributed by atoms with Crippen LogP contribution in [0.25, 0.3) is 43.9 Å². The zero-order valence-electron chi connectivity index (χ0n) is 39.1. The van der Waals surface area contributed by atoms with E-state index in [0.717, 1.165) is 66.1 Å². The van der Waals surface area contributed by atoms with Gasteiger partial charge in [0.15, 0.2) is 0 Å². The second-order valence-electron chi connectivity index (χ2n) is 20.8. The zero-order chi connectivity index (χ0) is 43.2. The lowest BCUT2D eigenvalue weighted by Gasteiger charge is -2.23. The van der Waals surface area contributed by atoms with Crippen LogP contribution in [0.4, 0.5) is 0 Å². The number of benzene rings is 4. The minimum Gasteiger partial charge on any atom is -0.399 e. The summed E-state index contributed by atoms with van der Waals surface area (Å²) in [5.74, 6) is 0. The van der Waals surface area contributed by atoms with E-state index in [-0.39, 0.29) is 34.9 Å². The number of hydrogen-bond donors (Lipinski definition) is 0. The molecule has 6 rings (SSSR count). The maximum atomic E-state index is 6.96. The van der Waals surface area contributed by atoms with Crippen LogP contribution in [0.3, 0.4) is 0 Å². The Morgan fingerprint density at radius 3 is 0.724 bits per heavy atom. The van der Waals surface area contributed by atoms with Crippen LogP contribution in [0.5, 0.6) is 0 Å². The molecule has 0 amide bonds. The van der Waals surface area contributed by atoms with Crippen LogP contribution < -0.4 is 9.05 Å². The fraction of sp³-hybridized carbons (Fsp3) is 0.520. The van der Waals surface area contributed by atoms with Gasteiger partial charge in [-0.25, -0.2) is 0 Å². The third-order valence-electron chi connectivity index (χ3n) is 12.1. The molecule has 0 spiro atoms. The Morgan fingerprint density at radius 2 is 0.552 bits per heavy atom. The average molecular weight is 827 g/mol. The summed E-state index contributed by atoms with van der Waals surface area (Å²) >= 11 is 0. The highest BCUT2D eigenvalue weighted by molar-refractivity contribution is 7.32. The first-order valence-corrected chi connectivity index (χ1v) is 23.0. The highest BCUT2D eigenvalue weighted by atomic mass is 31.1. The van der Waals surface area contributed by atoms with Crippen LogP contribution >= 0.6 is 16.5 Å². The molecule has 0 bridgehead atoms. The van der Waals surface area contributed by atoms with Gasteiger partial charge in [-0.05, 0) is 122 Å². The molecule has 0 aliphatic carbocycles. The van der Waals surface area contributed by atoms with Gasteiger partial charge in [-0.3, -0.25) is 9.05 Å². The summed E-state index contributed by atoms with van der Waals surface area (Å²) in [6.07, 6.45) is 0. The van der Waals surface area contributed by atoms with Crippen molar-refractivity contribution in [2.24, 2.45) is 0 Å². The fourth-order valence-electron chi connectivity index (χ4n) is 8.05. The van der Waals surface area contributed by atoms with E-state index in [9.17, 15) is 0 Å². The highest BCUT2D eigenvalue weighted by Gasteiger charge is 2.29. The van der Waals surface area contributed by atoms with Gasteiger partial charge in [-0.2, -0.15) is 0 Å². The Labute approximate surface area is 349 Å². The quantitative estimate of drug-likeness (QED) is 0.161. The molecule has 0 atom stereocenters. The standard InChI is InChI=1S/C50H68O6P2/c1-27-23-35(47(9,10)11)43-39(31(27)5)40-32(6)28(2)24-36(48(12,13)14)44(40)54-57(53-43)51-21-22-52-58-55-45-37(49(15,16)17)25-29(3)33(7)41(45)42-34(8)30(4)26-38(46(42)56-58)50(18,19)20/h23-26H,21-22H2,1-20H3. The van der Waals surface area contributed by atoms with Gasteiger partial charge in [-0.1, -0.05) is 107 Å². The number of fused-ring (bicyclic) bond motifs is 6. The fourth-order valence-corrected chi connectivity index (χ4v) is 10.1. The van der Waals surface area contributed by atoms with Gasteiger partial charge in [0.1, 0.15) is 22.3 Å². The van der Waals surface area contributed by atoms with E-state index in [0.29, 0.717) is 0 Å². The molecule has 0 aliphatic heterocycles. The summed E-state index contributed by atoms with van der Waals surface area (Å²) < 4.78 is 41.1. The number of rotatable bonds is 5. The summed E-state index contributed by atoms with van der Waals surface area (Å²) in [4.78, 5) is 0. The predicted molar refractivity (Wildman–Crippen MR) is 248 cm³/mol. The third-order valence-corrected chi connectivity index (χ3v) is 14.2. The topological polar surface area (TPSA) is 71.0 Å². The number of hydrogen-bond acceptors (Lipinski definition) is 6. The van der Waals surface area contributed by atoms with Crippen molar-refractivity contribution in [3.8, 4) is 0 Å². The van der Waals surface area contributed by atoms with Crippen molar-refractivity contribution < 1.29 is 25.8 Å². The van der Waals surface area contributed by atoms with Crippen LogP contribution in [0.1, 0.15) is 150 Å². The van der Waals surface area contributed by atoms with Crippen LogP contribution in [-0.4, -0.2) is 13.2 Å². The van der Waals surface area contributed by atoms with E-state index in [1.54, 1.807) is 0 Å². The van der Waals surface area contributed by atoms with E-state index >= 15 is 0 Å². The van der Waals surface area contributed by atoms with Crippen LogP contribution in [0, 0.1) is 55.4 Å². The summed E-state index contributed by atoms with van der Waals surface area (Å²) in [6.45, 7) is 44.8. The highest BCUT2D eigenvalue weighted by Crippen LogP contribution is 2.47. The van der Waals surface area contributed by atoms with E-state index < -0.39 is 16.5 Å². The first-order valence-electron chi connectivity index (χ1n) is 20.8. The Bertz CT molecular complexity index is 2320. The number of aryl methyl sites for hydroxylation is 8. The largest absolute Gasteiger partial charge is 0.399 e. The van der Waals surface area contributed by atoms with Gasteiger partial charge in [0.25, 0.3) is 0 Å². The average Bonchev–Trinajstić information content (AvgIpc) is 3.36. The molecule has 0 radical (unpaired) electrons. The molecule has 0 N–H and O–H groups in total. The second-order valence-corrected chi connectivity index (χ2v) is 22.9. The van der Waals surface area contributed by atoms with Gasteiger partial charge in [0, 0.05) is 43.8 Å². The Balaban J connectivity index is 1.56. The Hall–Kier alpha value is -3.40. The van der Waals surface area contributed by atoms with Crippen molar-refractivity contribution in [2.75, 3.05) is 13.2 Å². The van der Waals surface area contributed by atoms with Gasteiger partial charge < -0.3 is 16.8 Å². The summed E-state index contributed by atoms with van der Waals surface area (Å²) in [5, 5.41) is 4.38. The molecule has 6 nitrogen and oxygen atoms in total. The minimum atomic E-state index is -1.87. The van der Waals surface area contributed by atoms with Crippen molar-refractivity contribution in [1.82, 2.24) is 0 Å². The van der Waals surface area contributed by atoms with Gasteiger partial charge in [-0.15, -0.1) is 0 Å². The minimum absolute atomic E-state index is 0.184. The molecule has 0 saturated carbocycles. The second kappa shape index (κ2) is 15.3. The molecule has 0 aliphatic rings. The maximum Gasteiger partial charge on any atom is 0.387 e. The molecule has 2 heterocycles. The molecular weight excluding hydrogens is 758 g/mol. The first kappa shape index (κ1) is 44.2. The maximum absolute atomic E-state index is 6.96. The molecule has 0 unspecified atom stereocenters. The lowest BCUT2D eigenvalue weighted by Crippen LogP contribution is -2.13. The monoisotopic (exact) mass is 826 g/mol. The molecule has 4 aromatic carbocycles.